The Bertz CT molecular complexity index is 595. The SMILES string of the molecule is CSc1ccc(C(C)NC(=O)c2ccc(CBr)cc2)cc1. The van der Waals surface area contributed by atoms with Crippen LogP contribution < -0.4 is 5.32 Å². The molecule has 1 amide bonds. The number of hydrogen-bond donors (Lipinski definition) is 1. The van der Waals surface area contributed by atoms with Gasteiger partial charge in [0.2, 0.25) is 0 Å². The van der Waals surface area contributed by atoms with E-state index >= 15 is 0 Å². The van der Waals surface area contributed by atoms with Gasteiger partial charge in [0.05, 0.1) is 6.04 Å². The molecule has 0 saturated carbocycles. The summed E-state index contributed by atoms with van der Waals surface area (Å²) >= 11 is 5.11. The molecule has 0 aliphatic carbocycles. The van der Waals surface area contributed by atoms with Crippen LogP contribution in [0.1, 0.15) is 34.5 Å². The normalized spacial score (nSPS) is 12.0. The summed E-state index contributed by atoms with van der Waals surface area (Å²) in [5.41, 5.74) is 2.96. The lowest BCUT2D eigenvalue weighted by molar-refractivity contribution is 0.0940. The van der Waals surface area contributed by atoms with Crippen LogP contribution in [0.3, 0.4) is 0 Å². The Morgan fingerprint density at radius 2 is 1.76 bits per heavy atom. The van der Waals surface area contributed by atoms with Crippen LogP contribution in [0.4, 0.5) is 0 Å². The highest BCUT2D eigenvalue weighted by Crippen LogP contribution is 2.19. The van der Waals surface area contributed by atoms with Crippen LogP contribution in [0.25, 0.3) is 0 Å². The van der Waals surface area contributed by atoms with Gasteiger partial charge in [0, 0.05) is 15.8 Å². The van der Waals surface area contributed by atoms with Crippen LogP contribution in [0.15, 0.2) is 53.4 Å². The fraction of sp³-hybridized carbons (Fsp3) is 0.235. The minimum atomic E-state index is -0.0439. The highest BCUT2D eigenvalue weighted by Gasteiger charge is 2.11. The molecule has 0 heterocycles. The van der Waals surface area contributed by atoms with Crippen LogP contribution in [-0.4, -0.2) is 12.2 Å². The number of rotatable bonds is 5. The van der Waals surface area contributed by atoms with Gasteiger partial charge in [-0.05, 0) is 48.6 Å². The number of nitrogens with one attached hydrogen (secondary N) is 1. The number of amides is 1. The van der Waals surface area contributed by atoms with E-state index in [1.54, 1.807) is 11.8 Å². The van der Waals surface area contributed by atoms with E-state index in [9.17, 15) is 4.79 Å². The minimum Gasteiger partial charge on any atom is -0.346 e. The van der Waals surface area contributed by atoms with Gasteiger partial charge in [0.15, 0.2) is 0 Å². The quantitative estimate of drug-likeness (QED) is 0.610. The van der Waals surface area contributed by atoms with Gasteiger partial charge in [-0.1, -0.05) is 40.2 Å². The molecule has 1 atom stereocenters. The zero-order chi connectivity index (χ0) is 15.2. The molecule has 2 aromatic carbocycles. The van der Waals surface area contributed by atoms with Crippen molar-refractivity contribution in [3.63, 3.8) is 0 Å². The Balaban J connectivity index is 2.03. The lowest BCUT2D eigenvalue weighted by atomic mass is 10.1. The number of alkyl halides is 1. The molecule has 1 unspecified atom stereocenters. The van der Waals surface area contributed by atoms with Gasteiger partial charge in [-0.2, -0.15) is 0 Å². The summed E-state index contributed by atoms with van der Waals surface area (Å²) in [6, 6.07) is 15.9. The molecule has 0 radical (unpaired) electrons. The third kappa shape index (κ3) is 4.35. The Hall–Kier alpha value is -1.26. The maximum Gasteiger partial charge on any atom is 0.251 e. The maximum atomic E-state index is 12.2. The van der Waals surface area contributed by atoms with Crippen molar-refractivity contribution >= 4 is 33.6 Å². The summed E-state index contributed by atoms with van der Waals surface area (Å²) in [6.07, 6.45) is 2.05. The van der Waals surface area contributed by atoms with E-state index in [0.29, 0.717) is 5.56 Å². The first-order valence-electron chi connectivity index (χ1n) is 6.73. The van der Waals surface area contributed by atoms with Gasteiger partial charge in [-0.3, -0.25) is 4.79 Å². The van der Waals surface area contributed by atoms with Crippen molar-refractivity contribution < 1.29 is 4.79 Å². The van der Waals surface area contributed by atoms with E-state index < -0.39 is 0 Å². The van der Waals surface area contributed by atoms with Crippen molar-refractivity contribution in [1.29, 1.82) is 0 Å². The molecule has 1 N–H and O–H groups in total. The summed E-state index contributed by atoms with van der Waals surface area (Å²) in [7, 11) is 0. The Morgan fingerprint density at radius 1 is 1.14 bits per heavy atom. The number of carbonyl (C=O) groups excluding carboxylic acids is 1. The monoisotopic (exact) mass is 363 g/mol. The van der Waals surface area contributed by atoms with Crippen molar-refractivity contribution in [2.45, 2.75) is 23.2 Å². The fourth-order valence-electron chi connectivity index (χ4n) is 2.00. The Labute approximate surface area is 138 Å². The van der Waals surface area contributed by atoms with Crippen molar-refractivity contribution in [3.8, 4) is 0 Å². The molecule has 0 fully saturated rings. The first kappa shape index (κ1) is 16.1. The molecule has 0 aliphatic rings. The fourth-order valence-corrected chi connectivity index (χ4v) is 2.78. The van der Waals surface area contributed by atoms with Crippen LogP contribution in [0.2, 0.25) is 0 Å². The molecule has 110 valence electrons. The molecule has 0 bridgehead atoms. The van der Waals surface area contributed by atoms with Crippen molar-refractivity contribution in [2.75, 3.05) is 6.26 Å². The number of carbonyl (C=O) groups is 1. The standard InChI is InChI=1S/C17H18BrNOS/c1-12(14-7-9-16(21-2)10-8-14)19-17(20)15-5-3-13(11-18)4-6-15/h3-10,12H,11H2,1-2H3,(H,19,20). The van der Waals surface area contributed by atoms with Crippen LogP contribution >= 0.6 is 27.7 Å². The molecule has 2 aromatic rings. The Morgan fingerprint density at radius 3 is 2.29 bits per heavy atom. The maximum absolute atomic E-state index is 12.2. The number of halogens is 1. The van der Waals surface area contributed by atoms with Gasteiger partial charge in [0.25, 0.3) is 5.91 Å². The molecule has 0 spiro atoms. The first-order valence-corrected chi connectivity index (χ1v) is 9.08. The first-order chi connectivity index (χ1) is 10.1. The van der Waals surface area contributed by atoms with Crippen LogP contribution in [0.5, 0.6) is 0 Å². The van der Waals surface area contributed by atoms with Crippen LogP contribution in [-0.2, 0) is 5.33 Å². The predicted molar refractivity (Wildman–Crippen MR) is 93.2 cm³/mol. The highest BCUT2D eigenvalue weighted by atomic mass is 79.9. The molecule has 2 nitrogen and oxygen atoms in total. The highest BCUT2D eigenvalue weighted by molar-refractivity contribution is 9.08. The molecule has 21 heavy (non-hydrogen) atoms. The zero-order valence-electron chi connectivity index (χ0n) is 12.1. The third-order valence-corrected chi connectivity index (χ3v) is 4.72. The Kier molecular flexibility index (Phi) is 5.88. The van der Waals surface area contributed by atoms with Crippen molar-refractivity contribution in [2.24, 2.45) is 0 Å². The smallest absolute Gasteiger partial charge is 0.251 e. The van der Waals surface area contributed by atoms with E-state index in [2.05, 4.69) is 51.8 Å². The van der Waals surface area contributed by atoms with Gasteiger partial charge >= 0.3 is 0 Å². The molecule has 2 rings (SSSR count). The summed E-state index contributed by atoms with van der Waals surface area (Å²) in [6.45, 7) is 2.00. The average molecular weight is 364 g/mol. The molecular formula is C17H18BrNOS. The molecule has 0 aliphatic heterocycles. The van der Waals surface area contributed by atoms with E-state index in [0.717, 1.165) is 16.5 Å². The summed E-state index contributed by atoms with van der Waals surface area (Å²) < 4.78 is 0. The summed E-state index contributed by atoms with van der Waals surface area (Å²) in [4.78, 5) is 13.4. The second-order valence-electron chi connectivity index (χ2n) is 4.80. The molecular weight excluding hydrogens is 346 g/mol. The largest absolute Gasteiger partial charge is 0.346 e. The van der Waals surface area contributed by atoms with Gasteiger partial charge in [-0.15, -0.1) is 11.8 Å². The second-order valence-corrected chi connectivity index (χ2v) is 6.24. The van der Waals surface area contributed by atoms with Gasteiger partial charge < -0.3 is 5.32 Å². The molecule has 0 aromatic heterocycles. The van der Waals surface area contributed by atoms with Crippen molar-refractivity contribution in [3.05, 3.63) is 65.2 Å². The van der Waals surface area contributed by atoms with Crippen LogP contribution in [0, 0.1) is 0 Å². The predicted octanol–water partition coefficient (Wildman–Crippen LogP) is 4.79. The van der Waals surface area contributed by atoms with E-state index in [1.165, 1.54) is 4.90 Å². The number of benzene rings is 2. The van der Waals surface area contributed by atoms with E-state index in [4.69, 9.17) is 0 Å². The molecule has 4 heteroatoms. The summed E-state index contributed by atoms with van der Waals surface area (Å²) in [5.74, 6) is -0.0439. The lowest BCUT2D eigenvalue weighted by Gasteiger charge is -2.15. The number of thioether (sulfide) groups is 1. The lowest BCUT2D eigenvalue weighted by Crippen LogP contribution is -2.26. The van der Waals surface area contributed by atoms with Gasteiger partial charge in [-0.25, -0.2) is 0 Å². The zero-order valence-corrected chi connectivity index (χ0v) is 14.5. The topological polar surface area (TPSA) is 29.1 Å². The van der Waals surface area contributed by atoms with Crippen molar-refractivity contribution in [1.82, 2.24) is 5.32 Å². The average Bonchev–Trinajstić information content (AvgIpc) is 2.55. The number of hydrogen-bond acceptors (Lipinski definition) is 2. The second kappa shape index (κ2) is 7.66. The third-order valence-electron chi connectivity index (χ3n) is 3.33. The van der Waals surface area contributed by atoms with E-state index in [-0.39, 0.29) is 11.9 Å². The summed E-state index contributed by atoms with van der Waals surface area (Å²) in [5, 5.41) is 3.83. The minimum absolute atomic E-state index is 0.00995. The van der Waals surface area contributed by atoms with E-state index in [1.807, 2.05) is 31.2 Å². The van der Waals surface area contributed by atoms with Gasteiger partial charge in [0.1, 0.15) is 0 Å². The molecule has 0 saturated heterocycles.